The number of hydrogen-bond donors (Lipinski definition) is 3. The summed E-state index contributed by atoms with van der Waals surface area (Å²) in [4.78, 5) is 20.7. The van der Waals surface area contributed by atoms with Crippen molar-refractivity contribution in [2.24, 2.45) is 0 Å². The van der Waals surface area contributed by atoms with Crippen molar-refractivity contribution in [3.63, 3.8) is 0 Å². The summed E-state index contributed by atoms with van der Waals surface area (Å²) in [6.07, 6.45) is -0.562. The van der Waals surface area contributed by atoms with Gasteiger partial charge in [0.25, 0.3) is 0 Å². The lowest BCUT2D eigenvalue weighted by molar-refractivity contribution is -0.138. The number of aliphatic carboxylic acids is 1. The molecule has 0 saturated heterocycles. The van der Waals surface area contributed by atoms with Crippen molar-refractivity contribution in [2.75, 3.05) is 13.1 Å². The van der Waals surface area contributed by atoms with Gasteiger partial charge in [0.15, 0.2) is 0 Å². The number of carboxylic acid groups (broad SMARTS) is 1. The summed E-state index contributed by atoms with van der Waals surface area (Å²) in [5.41, 5.74) is 0. The van der Waals surface area contributed by atoms with E-state index < -0.39 is 38.4 Å². The number of sulfonamides is 1. The maximum Gasteiger partial charge on any atom is 0.303 e. The molecule has 0 aliphatic rings. The lowest BCUT2D eigenvalue weighted by Gasteiger charge is -2.08. The van der Waals surface area contributed by atoms with Gasteiger partial charge in [0.2, 0.25) is 15.9 Å². The van der Waals surface area contributed by atoms with E-state index in [1.54, 1.807) is 0 Å². The van der Waals surface area contributed by atoms with Gasteiger partial charge in [0.1, 0.15) is 16.5 Å². The third-order valence-corrected chi connectivity index (χ3v) is 3.98. The maximum atomic E-state index is 13.4. The first-order valence-corrected chi connectivity index (χ1v) is 7.64. The number of amides is 1. The normalized spacial score (nSPS) is 11.2. The van der Waals surface area contributed by atoms with E-state index in [1.807, 2.05) is 4.72 Å². The number of carboxylic acids is 1. The van der Waals surface area contributed by atoms with Crippen LogP contribution in [-0.4, -0.2) is 38.5 Å². The van der Waals surface area contributed by atoms with Crippen molar-refractivity contribution in [1.82, 2.24) is 10.0 Å². The molecular weight excluding hydrogens is 322 g/mol. The molecule has 122 valence electrons. The first-order chi connectivity index (χ1) is 10.2. The summed E-state index contributed by atoms with van der Waals surface area (Å²) in [6.45, 7) is -0.321. The average Bonchev–Trinajstić information content (AvgIpc) is 2.41. The summed E-state index contributed by atoms with van der Waals surface area (Å²) >= 11 is 0. The highest BCUT2D eigenvalue weighted by Crippen LogP contribution is 2.14. The fraction of sp³-hybridized carbons (Fsp3) is 0.333. The third-order valence-electron chi connectivity index (χ3n) is 2.49. The van der Waals surface area contributed by atoms with E-state index in [0.29, 0.717) is 6.07 Å². The van der Waals surface area contributed by atoms with Gasteiger partial charge in [-0.25, -0.2) is 21.9 Å². The number of rotatable bonds is 8. The monoisotopic (exact) mass is 336 g/mol. The van der Waals surface area contributed by atoms with Crippen LogP contribution in [0.25, 0.3) is 0 Å². The van der Waals surface area contributed by atoms with Gasteiger partial charge in [-0.15, -0.1) is 0 Å². The topological polar surface area (TPSA) is 113 Å². The predicted molar refractivity (Wildman–Crippen MR) is 71.4 cm³/mol. The Kier molecular flexibility index (Phi) is 6.38. The van der Waals surface area contributed by atoms with Gasteiger partial charge < -0.3 is 10.4 Å². The van der Waals surface area contributed by atoms with Crippen molar-refractivity contribution in [1.29, 1.82) is 0 Å². The Hall–Kier alpha value is -2.07. The van der Waals surface area contributed by atoms with Gasteiger partial charge in [0.05, 0.1) is 6.42 Å². The summed E-state index contributed by atoms with van der Waals surface area (Å²) < 4.78 is 51.6. The highest BCUT2D eigenvalue weighted by molar-refractivity contribution is 7.89. The Labute approximate surface area is 125 Å². The largest absolute Gasteiger partial charge is 0.481 e. The predicted octanol–water partition coefficient (Wildman–Crippen LogP) is 0.224. The zero-order chi connectivity index (χ0) is 16.8. The van der Waals surface area contributed by atoms with Crippen LogP contribution in [0, 0.1) is 11.6 Å². The second-order valence-corrected chi connectivity index (χ2v) is 5.95. The Balaban J connectivity index is 2.46. The molecule has 0 spiro atoms. The van der Waals surface area contributed by atoms with Gasteiger partial charge in [-0.05, 0) is 12.1 Å². The Morgan fingerprint density at radius 2 is 1.82 bits per heavy atom. The molecule has 3 N–H and O–H groups in total. The van der Waals surface area contributed by atoms with Gasteiger partial charge in [-0.1, -0.05) is 0 Å². The summed E-state index contributed by atoms with van der Waals surface area (Å²) in [5, 5.41) is 10.7. The second kappa shape index (κ2) is 7.80. The second-order valence-electron chi connectivity index (χ2n) is 4.22. The van der Waals surface area contributed by atoms with Crippen molar-refractivity contribution in [3.05, 3.63) is 29.8 Å². The van der Waals surface area contributed by atoms with E-state index >= 15 is 0 Å². The molecule has 0 atom stereocenters. The maximum absolute atomic E-state index is 13.4. The standard InChI is InChI=1S/C12H14F2N2O5S/c13-8-1-2-10(9(14)7-8)22(20,21)16-6-5-15-11(17)3-4-12(18)19/h1-2,7,16H,3-6H2,(H,15,17)(H,18,19). The van der Waals surface area contributed by atoms with Gasteiger partial charge in [-0.2, -0.15) is 0 Å². The average molecular weight is 336 g/mol. The highest BCUT2D eigenvalue weighted by atomic mass is 32.2. The van der Waals surface area contributed by atoms with Crippen LogP contribution >= 0.6 is 0 Å². The van der Waals surface area contributed by atoms with E-state index in [9.17, 15) is 26.8 Å². The lowest BCUT2D eigenvalue weighted by Crippen LogP contribution is -2.35. The van der Waals surface area contributed by atoms with Gasteiger partial charge in [0, 0.05) is 25.6 Å². The first-order valence-electron chi connectivity index (χ1n) is 6.15. The minimum Gasteiger partial charge on any atom is -0.481 e. The summed E-state index contributed by atoms with van der Waals surface area (Å²) in [5.74, 6) is -3.79. The summed E-state index contributed by atoms with van der Waals surface area (Å²) in [6, 6.07) is 2.05. The molecule has 0 saturated carbocycles. The van der Waals surface area contributed by atoms with E-state index in [-0.39, 0.29) is 25.9 Å². The van der Waals surface area contributed by atoms with Gasteiger partial charge in [-0.3, -0.25) is 9.59 Å². The van der Waals surface area contributed by atoms with E-state index in [4.69, 9.17) is 5.11 Å². The molecule has 22 heavy (non-hydrogen) atoms. The van der Waals surface area contributed by atoms with Crippen LogP contribution in [0.3, 0.4) is 0 Å². The molecule has 1 rings (SSSR count). The first kappa shape index (κ1) is 18.0. The molecule has 0 aliphatic heterocycles. The third kappa shape index (κ3) is 5.74. The lowest BCUT2D eigenvalue weighted by atomic mass is 10.3. The molecule has 0 fully saturated rings. The van der Waals surface area contributed by atoms with Crippen molar-refractivity contribution < 1.29 is 31.9 Å². The van der Waals surface area contributed by atoms with Crippen molar-refractivity contribution in [2.45, 2.75) is 17.7 Å². The molecule has 1 amide bonds. The van der Waals surface area contributed by atoms with Crippen molar-refractivity contribution >= 4 is 21.9 Å². The fourth-order valence-corrected chi connectivity index (χ4v) is 2.56. The Bertz CT molecular complexity index is 663. The van der Waals surface area contributed by atoms with Crippen LogP contribution < -0.4 is 10.0 Å². The molecule has 0 aromatic heterocycles. The molecule has 0 radical (unpaired) electrons. The smallest absolute Gasteiger partial charge is 0.303 e. The fourth-order valence-electron chi connectivity index (χ4n) is 1.47. The van der Waals surface area contributed by atoms with Crippen molar-refractivity contribution in [3.8, 4) is 0 Å². The van der Waals surface area contributed by atoms with Crippen LogP contribution in [0.15, 0.2) is 23.1 Å². The number of hydrogen-bond acceptors (Lipinski definition) is 4. The van der Waals surface area contributed by atoms with E-state index in [1.165, 1.54) is 0 Å². The molecular formula is C12H14F2N2O5S. The molecule has 0 bridgehead atoms. The van der Waals surface area contributed by atoms with E-state index in [2.05, 4.69) is 5.32 Å². The zero-order valence-corrected chi connectivity index (χ0v) is 12.1. The molecule has 1 aromatic carbocycles. The quantitative estimate of drug-likeness (QED) is 0.588. The SMILES string of the molecule is O=C(O)CCC(=O)NCCNS(=O)(=O)c1ccc(F)cc1F. The number of nitrogens with one attached hydrogen (secondary N) is 2. The molecule has 10 heteroatoms. The van der Waals surface area contributed by atoms with Crippen LogP contribution in [0.5, 0.6) is 0 Å². The Morgan fingerprint density at radius 1 is 1.14 bits per heavy atom. The highest BCUT2D eigenvalue weighted by Gasteiger charge is 2.18. The zero-order valence-electron chi connectivity index (χ0n) is 11.3. The molecule has 0 unspecified atom stereocenters. The number of halogens is 2. The van der Waals surface area contributed by atoms with Gasteiger partial charge >= 0.3 is 5.97 Å². The summed E-state index contributed by atoms with van der Waals surface area (Å²) in [7, 11) is -4.17. The Morgan fingerprint density at radius 3 is 2.41 bits per heavy atom. The van der Waals surface area contributed by atoms with Crippen LogP contribution in [0.4, 0.5) is 8.78 Å². The minimum absolute atomic E-state index is 0.0967. The minimum atomic E-state index is -4.17. The number of carbonyl (C=O) groups excluding carboxylic acids is 1. The number of carbonyl (C=O) groups is 2. The molecule has 0 heterocycles. The molecule has 0 aliphatic carbocycles. The molecule has 1 aromatic rings. The van der Waals surface area contributed by atoms with Crippen LogP contribution in [-0.2, 0) is 19.6 Å². The molecule has 7 nitrogen and oxygen atoms in total. The van der Waals surface area contributed by atoms with Crippen LogP contribution in [0.1, 0.15) is 12.8 Å². The number of benzene rings is 1. The van der Waals surface area contributed by atoms with E-state index in [0.717, 1.165) is 12.1 Å². The van der Waals surface area contributed by atoms with Crippen LogP contribution in [0.2, 0.25) is 0 Å².